The van der Waals surface area contributed by atoms with E-state index in [0.717, 1.165) is 21.6 Å². The number of halogens is 1. The van der Waals surface area contributed by atoms with E-state index >= 15 is 0 Å². The number of carbonyl (C=O) groups excluding carboxylic acids is 9. The minimum atomic E-state index is -1.75. The zero-order valence-electron chi connectivity index (χ0n) is 44.9. The molecule has 1 unspecified atom stereocenters. The summed E-state index contributed by atoms with van der Waals surface area (Å²) in [6.45, 7) is 1.82. The van der Waals surface area contributed by atoms with E-state index in [-0.39, 0.29) is 60.7 Å². The van der Waals surface area contributed by atoms with Crippen LogP contribution in [0.1, 0.15) is 58.8 Å². The van der Waals surface area contributed by atoms with Crippen molar-refractivity contribution >= 4 is 86.4 Å². The number of aliphatic hydroxyl groups excluding tert-OH is 1. The number of amides is 9. The molecule has 5 rings (SSSR count). The van der Waals surface area contributed by atoms with Crippen LogP contribution in [0.5, 0.6) is 11.5 Å². The Hall–Kier alpha value is -7.42. The molecule has 0 saturated carbocycles. The van der Waals surface area contributed by atoms with E-state index in [1.165, 1.54) is 79.7 Å². The van der Waals surface area contributed by atoms with Crippen LogP contribution < -0.4 is 54.4 Å². The van der Waals surface area contributed by atoms with Gasteiger partial charge in [0.05, 0.1) is 12.1 Å². The molecule has 1 aliphatic rings. The Labute approximate surface area is 481 Å². The van der Waals surface area contributed by atoms with Crippen molar-refractivity contribution in [2.45, 2.75) is 106 Å². The molecule has 0 bridgehead atoms. The van der Waals surface area contributed by atoms with Gasteiger partial charge in [-0.2, -0.15) is 0 Å². The number of aromatic hydroxyl groups is 2. The minimum absolute atomic E-state index is 0.00202. The molecule has 81 heavy (non-hydrogen) atoms. The number of nitrogens with two attached hydrogens (primary N) is 3. The van der Waals surface area contributed by atoms with Crippen LogP contribution in [-0.4, -0.2) is 160 Å². The number of phenolic OH excluding ortho intramolecular Hbond substituents is 2. The second kappa shape index (κ2) is 31.5. The van der Waals surface area contributed by atoms with Gasteiger partial charge >= 0.3 is 0 Å². The maximum atomic E-state index is 14.8. The summed E-state index contributed by atoms with van der Waals surface area (Å²) in [6.07, 6.45) is -1.24. The molecular weight excluding hydrogens is 1110 g/mol. The van der Waals surface area contributed by atoms with E-state index < -0.39 is 108 Å². The van der Waals surface area contributed by atoms with Crippen molar-refractivity contribution in [3.63, 3.8) is 0 Å². The summed E-state index contributed by atoms with van der Waals surface area (Å²) < 4.78 is 0. The molecule has 4 aromatic carbocycles. The van der Waals surface area contributed by atoms with Crippen molar-refractivity contribution in [1.29, 1.82) is 0 Å². The molecule has 0 aliphatic carbocycles. The number of carbonyl (C=O) groups is 9. The van der Waals surface area contributed by atoms with E-state index in [9.17, 15) is 58.5 Å². The lowest BCUT2D eigenvalue weighted by Crippen LogP contribution is -2.62. The number of primary amides is 2. The molecule has 16 N–H and O–H groups in total. The number of rotatable bonds is 20. The quantitative estimate of drug-likeness (QED) is 0.0404. The molecule has 1 aliphatic heterocycles. The van der Waals surface area contributed by atoms with Gasteiger partial charge in [-0.3, -0.25) is 43.2 Å². The smallest absolute Gasteiger partial charge is 0.248 e. The van der Waals surface area contributed by atoms with Gasteiger partial charge in [-0.15, -0.1) is 0 Å². The normalized spacial score (nSPS) is 20.9. The number of nitrogens with one attached hydrogen (secondary N) is 7. The molecule has 9 amide bonds. The van der Waals surface area contributed by atoms with Crippen molar-refractivity contribution in [2.75, 3.05) is 32.1 Å². The Morgan fingerprint density at radius 2 is 1.15 bits per heavy atom. The van der Waals surface area contributed by atoms with Crippen LogP contribution in [0.3, 0.4) is 0 Å². The van der Waals surface area contributed by atoms with Gasteiger partial charge in [0.25, 0.3) is 0 Å². The second-order valence-electron chi connectivity index (χ2n) is 19.8. The van der Waals surface area contributed by atoms with Crippen molar-refractivity contribution in [1.82, 2.24) is 42.1 Å². The largest absolute Gasteiger partial charge is 0.508 e. The maximum absolute atomic E-state index is 14.8. The third-order valence-corrected chi connectivity index (χ3v) is 15.6. The monoisotopic (exact) mass is 1180 g/mol. The van der Waals surface area contributed by atoms with Gasteiger partial charge < -0.3 is 74.6 Å². The maximum Gasteiger partial charge on any atom is 0.248 e. The molecule has 1 fully saturated rings. The van der Waals surface area contributed by atoms with Crippen LogP contribution in [0.2, 0.25) is 5.02 Å². The van der Waals surface area contributed by atoms with Crippen molar-refractivity contribution < 1.29 is 58.5 Å². The van der Waals surface area contributed by atoms with E-state index in [4.69, 9.17) is 28.8 Å². The average molecular weight is 1180 g/mol. The lowest BCUT2D eigenvalue weighted by molar-refractivity contribution is -0.136. The van der Waals surface area contributed by atoms with Crippen LogP contribution in [0.15, 0.2) is 97.1 Å². The topological polar surface area (TPSA) is 380 Å². The van der Waals surface area contributed by atoms with Gasteiger partial charge in [0.1, 0.15) is 53.8 Å². The Bertz CT molecular complexity index is 2820. The van der Waals surface area contributed by atoms with Crippen LogP contribution >= 0.6 is 33.2 Å². The lowest BCUT2D eigenvalue weighted by atomic mass is 10.00. The van der Waals surface area contributed by atoms with Gasteiger partial charge in [-0.05, 0) is 124 Å². The van der Waals surface area contributed by atoms with E-state index in [1.807, 2.05) is 19.0 Å². The zero-order valence-corrected chi connectivity index (χ0v) is 47.3. The molecule has 1 heterocycles. The highest BCUT2D eigenvalue weighted by Gasteiger charge is 2.36. The number of hydrogen-bond donors (Lipinski definition) is 13. The Morgan fingerprint density at radius 1 is 0.654 bits per heavy atom. The number of nitrogens with zero attached hydrogens (tertiary/aromatic N) is 1. The van der Waals surface area contributed by atoms with Gasteiger partial charge in [0.2, 0.25) is 53.2 Å². The lowest BCUT2D eigenvalue weighted by Gasteiger charge is -2.29. The summed E-state index contributed by atoms with van der Waals surface area (Å²) >= 11 is 6.08. The van der Waals surface area contributed by atoms with Crippen molar-refractivity contribution in [3.05, 3.63) is 130 Å². The SMILES string of the molecule is C[C@@H](O)[C@@H]1NC(=O)[C@H](CCCCN(C)C)NC(=O)[C@@H](Cc2ccc(C(N)=O)cc2)NC(=O)[C@H](Cc2ccc(O)cc2)NC(=O)[C@H](NC(=O)[C@@H](N)Cc2ccc(Cl)cc2)CSSC[C@@H](C(=O)NC(Cc2ccc(O)cc2)C(N)=O)NC1=O. The van der Waals surface area contributed by atoms with Gasteiger partial charge in [0, 0.05) is 41.4 Å². The molecule has 0 radical (unpaired) electrons. The second-order valence-corrected chi connectivity index (χ2v) is 22.8. The fourth-order valence-corrected chi connectivity index (χ4v) is 10.8. The average Bonchev–Trinajstić information content (AvgIpc) is 3.47. The van der Waals surface area contributed by atoms with E-state index in [1.54, 1.807) is 24.3 Å². The van der Waals surface area contributed by atoms with E-state index in [0.29, 0.717) is 46.7 Å². The highest BCUT2D eigenvalue weighted by atomic mass is 35.5. The van der Waals surface area contributed by atoms with Crippen LogP contribution in [-0.2, 0) is 64.0 Å². The number of aliphatic hydroxyl groups is 1. The Balaban J connectivity index is 1.58. The van der Waals surface area contributed by atoms with Crippen LogP contribution in [0, 0.1) is 0 Å². The highest BCUT2D eigenvalue weighted by Crippen LogP contribution is 2.24. The first-order chi connectivity index (χ1) is 38.4. The Kier molecular flexibility index (Phi) is 25.1. The summed E-state index contributed by atoms with van der Waals surface area (Å²) in [6, 6.07) is 12.4. The van der Waals surface area contributed by atoms with Gasteiger partial charge in [0.15, 0.2) is 0 Å². The fraction of sp³-hybridized carbons (Fsp3) is 0.400. The molecule has 4 aromatic rings. The zero-order chi connectivity index (χ0) is 59.3. The summed E-state index contributed by atoms with van der Waals surface area (Å²) in [5.74, 6) is -8.66. The molecule has 436 valence electrons. The molecule has 0 aromatic heterocycles. The van der Waals surface area contributed by atoms with Crippen molar-refractivity contribution in [2.24, 2.45) is 17.2 Å². The Morgan fingerprint density at radius 3 is 1.69 bits per heavy atom. The summed E-state index contributed by atoms with van der Waals surface area (Å²) in [5.41, 5.74) is 19.8. The van der Waals surface area contributed by atoms with Crippen molar-refractivity contribution in [3.8, 4) is 11.5 Å². The molecular formula is C55H70ClN11O12S2. The first-order valence-electron chi connectivity index (χ1n) is 25.9. The number of unbranched alkanes of at least 4 members (excludes halogenated alkanes) is 1. The predicted octanol–water partition coefficient (Wildman–Crippen LogP) is -0.165. The third kappa shape index (κ3) is 21.2. The molecule has 23 nitrogen and oxygen atoms in total. The highest BCUT2D eigenvalue weighted by molar-refractivity contribution is 8.76. The summed E-state index contributed by atoms with van der Waals surface area (Å²) in [5, 5.41) is 50.0. The van der Waals surface area contributed by atoms with Crippen LogP contribution in [0.4, 0.5) is 0 Å². The number of hydrogen-bond acceptors (Lipinski definition) is 16. The molecule has 26 heteroatoms. The predicted molar refractivity (Wildman–Crippen MR) is 307 cm³/mol. The standard InChI is InChI=1S/C55H70ClN11O12S2/c1-30(68)46-55(79)65-45(53(77)61-41(48(59)72)25-33-11-19-37(69)20-12-33)29-81-80-28-44(64-49(73)39(57)24-31-9-17-36(56)18-10-31)54(78)63-43(27-34-13-21-38(70)22-14-34)52(76)62-42(26-32-7-15-35(16-8-32)47(58)71)51(75)60-40(50(74)66-46)6-4-5-23-67(2)3/h7-22,30,39-46,68-70H,4-6,23-29,57H2,1-3H3,(H2,58,71)(H2,59,72)(H,60,75)(H,61,77)(H,62,76)(H,63,78)(H,64,73)(H,65,79)(H,66,74)/t30-,39+,40+,41?,42-,43+,44-,45+,46+/m1/s1. The fourth-order valence-electron chi connectivity index (χ4n) is 8.32. The number of benzene rings is 4. The van der Waals surface area contributed by atoms with Gasteiger partial charge in [-0.25, -0.2) is 0 Å². The minimum Gasteiger partial charge on any atom is -0.508 e. The third-order valence-electron chi connectivity index (χ3n) is 12.9. The first-order valence-corrected chi connectivity index (χ1v) is 28.8. The number of phenols is 2. The first kappa shape index (κ1) is 64.4. The van der Waals surface area contributed by atoms with E-state index in [2.05, 4.69) is 37.2 Å². The molecule has 1 saturated heterocycles. The molecule has 0 spiro atoms. The molecule has 9 atom stereocenters. The van der Waals surface area contributed by atoms with Crippen LogP contribution in [0.25, 0.3) is 0 Å². The van der Waals surface area contributed by atoms with Gasteiger partial charge in [-0.1, -0.05) is 81.7 Å². The summed E-state index contributed by atoms with van der Waals surface area (Å²) in [7, 11) is 5.62. The summed E-state index contributed by atoms with van der Waals surface area (Å²) in [4.78, 5) is 128.